The minimum Gasteiger partial charge on any atom is -0.454 e. The van der Waals surface area contributed by atoms with E-state index in [9.17, 15) is 4.79 Å². The predicted octanol–water partition coefficient (Wildman–Crippen LogP) is 4.19. The van der Waals surface area contributed by atoms with Crippen LogP contribution in [0.1, 0.15) is 47.0 Å². The van der Waals surface area contributed by atoms with Crippen LogP contribution in [0, 0.1) is 0 Å². The van der Waals surface area contributed by atoms with E-state index < -0.39 is 0 Å². The Hall–Kier alpha value is -1.31. The fourth-order valence-corrected chi connectivity index (χ4v) is 1.59. The van der Waals surface area contributed by atoms with Crippen LogP contribution in [0.2, 0.25) is 0 Å². The molecule has 1 aliphatic heterocycles. The largest absolute Gasteiger partial charge is 0.454 e. The minimum absolute atomic E-state index is 0.0472. The summed E-state index contributed by atoms with van der Waals surface area (Å²) < 4.78 is 5.18. The quantitative estimate of drug-likeness (QED) is 0.638. The van der Waals surface area contributed by atoms with Crippen molar-refractivity contribution >= 4 is 5.97 Å². The lowest BCUT2D eigenvalue weighted by Gasteiger charge is -2.21. The van der Waals surface area contributed by atoms with Crippen molar-refractivity contribution in [3.63, 3.8) is 0 Å². The van der Waals surface area contributed by atoms with Gasteiger partial charge in [-0.25, -0.2) is 4.79 Å². The molecule has 1 aliphatic carbocycles. The average molecular weight is 236 g/mol. The summed E-state index contributed by atoms with van der Waals surface area (Å²) in [6, 6.07) is 0. The second-order valence-electron chi connectivity index (χ2n) is 3.25. The number of hydrogen-bond donors (Lipinski definition) is 0. The Morgan fingerprint density at radius 2 is 1.76 bits per heavy atom. The Labute approximate surface area is 105 Å². The number of allylic oxidation sites excluding steroid dienone is 2. The predicted molar refractivity (Wildman–Crippen MR) is 72.8 cm³/mol. The van der Waals surface area contributed by atoms with E-state index in [1.165, 1.54) is 6.08 Å². The monoisotopic (exact) mass is 236 g/mol. The van der Waals surface area contributed by atoms with E-state index in [0.717, 1.165) is 24.8 Å². The first-order chi connectivity index (χ1) is 8.36. The molecule has 0 aromatic rings. The fraction of sp³-hybridized carbons (Fsp3) is 0.533. The van der Waals surface area contributed by atoms with Gasteiger partial charge < -0.3 is 4.74 Å². The summed E-state index contributed by atoms with van der Waals surface area (Å²) in [7, 11) is 0. The van der Waals surface area contributed by atoms with Crippen molar-refractivity contribution in [2.45, 2.75) is 53.1 Å². The molecule has 0 fully saturated rings. The Kier molecular flexibility index (Phi) is 9.12. The van der Waals surface area contributed by atoms with Crippen LogP contribution in [-0.4, -0.2) is 12.1 Å². The van der Waals surface area contributed by atoms with Crippen molar-refractivity contribution in [2.24, 2.45) is 0 Å². The highest BCUT2D eigenvalue weighted by molar-refractivity contribution is 5.83. The zero-order valence-corrected chi connectivity index (χ0v) is 11.4. The van der Waals surface area contributed by atoms with Gasteiger partial charge in [0.15, 0.2) is 0 Å². The number of esters is 1. The van der Waals surface area contributed by atoms with Crippen LogP contribution in [0.4, 0.5) is 0 Å². The van der Waals surface area contributed by atoms with Crippen molar-refractivity contribution < 1.29 is 9.53 Å². The van der Waals surface area contributed by atoms with Gasteiger partial charge in [-0.15, -0.1) is 0 Å². The van der Waals surface area contributed by atoms with Crippen LogP contribution in [0.3, 0.4) is 0 Å². The van der Waals surface area contributed by atoms with Gasteiger partial charge in [0.25, 0.3) is 0 Å². The average Bonchev–Trinajstić information content (AvgIpc) is 2.44. The summed E-state index contributed by atoms with van der Waals surface area (Å²) in [5, 5.41) is 0. The Morgan fingerprint density at radius 1 is 1.06 bits per heavy atom. The zero-order chi connectivity index (χ0) is 13.1. The molecule has 96 valence electrons. The summed E-state index contributed by atoms with van der Waals surface area (Å²) >= 11 is 0. The summed E-state index contributed by atoms with van der Waals surface area (Å²) in [5.41, 5.74) is 1.14. The van der Waals surface area contributed by atoms with Crippen LogP contribution >= 0.6 is 0 Å². The number of cyclic esters (lactones) is 1. The Morgan fingerprint density at radius 3 is 2.29 bits per heavy atom. The van der Waals surface area contributed by atoms with Gasteiger partial charge in [-0.05, 0) is 18.4 Å². The highest BCUT2D eigenvalue weighted by Gasteiger charge is 2.18. The lowest BCUT2D eigenvalue weighted by atomic mass is 9.99. The molecule has 0 saturated heterocycles. The highest BCUT2D eigenvalue weighted by atomic mass is 16.5. The second-order valence-corrected chi connectivity index (χ2v) is 3.25. The molecule has 1 atom stereocenters. The van der Waals surface area contributed by atoms with E-state index in [0.29, 0.717) is 0 Å². The van der Waals surface area contributed by atoms with E-state index in [4.69, 9.17) is 4.74 Å². The van der Waals surface area contributed by atoms with Gasteiger partial charge in [-0.1, -0.05) is 52.0 Å². The maximum absolute atomic E-state index is 11.0. The Bertz CT molecular complexity index is 298. The van der Waals surface area contributed by atoms with Gasteiger partial charge in [0, 0.05) is 12.5 Å². The molecule has 0 unspecified atom stereocenters. The van der Waals surface area contributed by atoms with Gasteiger partial charge in [0.1, 0.15) is 6.10 Å². The lowest BCUT2D eigenvalue weighted by Crippen LogP contribution is -2.21. The molecule has 0 aromatic heterocycles. The molecule has 2 rings (SSSR count). The van der Waals surface area contributed by atoms with Gasteiger partial charge in [0.2, 0.25) is 0 Å². The molecular weight excluding hydrogens is 212 g/mol. The molecule has 0 N–H and O–H groups in total. The van der Waals surface area contributed by atoms with Gasteiger partial charge >= 0.3 is 5.97 Å². The van der Waals surface area contributed by atoms with Crippen LogP contribution in [-0.2, 0) is 9.53 Å². The first-order valence-corrected chi connectivity index (χ1v) is 6.60. The Balaban J connectivity index is 0.000000581. The maximum Gasteiger partial charge on any atom is 0.331 e. The molecule has 0 aromatic carbocycles. The number of rotatable bonds is 1. The fourth-order valence-electron chi connectivity index (χ4n) is 1.59. The minimum atomic E-state index is -0.226. The number of hydrogen-bond acceptors (Lipinski definition) is 2. The number of carbonyl (C=O) groups is 1. The van der Waals surface area contributed by atoms with Crippen molar-refractivity contribution in [1.29, 1.82) is 0 Å². The molecule has 1 heterocycles. The molecular formula is C15H24O2. The number of ether oxygens (including phenoxy) is 1. The SMILES string of the molecule is CC.CC.O=C1C=CC[C@H](C2=CCCC=C2)O1. The van der Waals surface area contributed by atoms with Crippen molar-refractivity contribution in [1.82, 2.24) is 0 Å². The first-order valence-electron chi connectivity index (χ1n) is 6.60. The van der Waals surface area contributed by atoms with Crippen LogP contribution in [0.5, 0.6) is 0 Å². The van der Waals surface area contributed by atoms with Crippen LogP contribution < -0.4 is 0 Å². The third kappa shape index (κ3) is 5.53. The van der Waals surface area contributed by atoms with Gasteiger partial charge in [0.05, 0.1) is 0 Å². The van der Waals surface area contributed by atoms with E-state index in [2.05, 4.69) is 18.2 Å². The van der Waals surface area contributed by atoms with Gasteiger partial charge in [-0.3, -0.25) is 0 Å². The molecule has 0 bridgehead atoms. The summed E-state index contributed by atoms with van der Waals surface area (Å²) in [6.45, 7) is 8.00. The third-order valence-corrected chi connectivity index (χ3v) is 2.26. The van der Waals surface area contributed by atoms with E-state index >= 15 is 0 Å². The second kappa shape index (κ2) is 9.88. The highest BCUT2D eigenvalue weighted by Crippen LogP contribution is 2.21. The molecule has 17 heavy (non-hydrogen) atoms. The smallest absolute Gasteiger partial charge is 0.331 e. The summed E-state index contributed by atoms with van der Waals surface area (Å²) in [6.07, 6.45) is 12.6. The molecule has 0 saturated carbocycles. The lowest BCUT2D eigenvalue weighted by molar-refractivity contribution is -0.142. The molecule has 2 aliphatic rings. The summed E-state index contributed by atoms with van der Waals surface area (Å²) in [4.78, 5) is 11.0. The van der Waals surface area contributed by atoms with Crippen molar-refractivity contribution in [2.75, 3.05) is 0 Å². The van der Waals surface area contributed by atoms with Crippen LogP contribution in [0.25, 0.3) is 0 Å². The topological polar surface area (TPSA) is 26.3 Å². The zero-order valence-electron chi connectivity index (χ0n) is 11.4. The first kappa shape index (κ1) is 15.7. The normalized spacial score (nSPS) is 21.3. The maximum atomic E-state index is 11.0. The molecule has 0 radical (unpaired) electrons. The van der Waals surface area contributed by atoms with Crippen LogP contribution in [0.15, 0.2) is 36.0 Å². The molecule has 2 nitrogen and oxygen atoms in total. The van der Waals surface area contributed by atoms with E-state index in [1.54, 1.807) is 0 Å². The molecule has 2 heteroatoms. The molecule has 0 amide bonds. The third-order valence-electron chi connectivity index (χ3n) is 2.26. The standard InChI is InChI=1S/C11H12O2.2C2H6/c12-11-8-4-7-10(13-11)9-5-2-1-3-6-9;2*1-2/h2,4-6,8,10H,1,3,7H2;2*1-2H3/t10-;;/m1../s1. The molecule has 0 spiro atoms. The van der Waals surface area contributed by atoms with E-state index in [-0.39, 0.29) is 12.1 Å². The van der Waals surface area contributed by atoms with Crippen molar-refractivity contribution in [3.05, 3.63) is 36.0 Å². The van der Waals surface area contributed by atoms with Crippen molar-refractivity contribution in [3.8, 4) is 0 Å². The summed E-state index contributed by atoms with van der Waals surface area (Å²) in [5.74, 6) is -0.226. The van der Waals surface area contributed by atoms with E-state index in [1.807, 2.05) is 33.8 Å². The number of carbonyl (C=O) groups excluding carboxylic acids is 1. The van der Waals surface area contributed by atoms with Gasteiger partial charge in [-0.2, -0.15) is 0 Å².